The van der Waals surface area contributed by atoms with Crippen molar-refractivity contribution in [1.29, 1.82) is 0 Å². The van der Waals surface area contributed by atoms with Crippen LogP contribution in [0.15, 0.2) is 44.8 Å². The molecule has 0 saturated heterocycles. The molecule has 3 rings (SSSR count). The first-order chi connectivity index (χ1) is 12.6. The Labute approximate surface area is 169 Å². The normalized spacial score (nSPS) is 32.5. The third-order valence-corrected chi connectivity index (χ3v) is 12.2. The van der Waals surface area contributed by atoms with Gasteiger partial charge < -0.3 is 0 Å². The number of hydrogen-bond donors (Lipinski definition) is 0. The predicted octanol–water partition coefficient (Wildman–Crippen LogP) is 8.04. The molecule has 3 aliphatic rings. The molecule has 0 aromatic heterocycles. The second-order valence-corrected chi connectivity index (χ2v) is 15.1. The zero-order chi connectivity index (χ0) is 20.1. The molecule has 0 radical (unpaired) electrons. The molecule has 1 heteroatoms. The summed E-state index contributed by atoms with van der Waals surface area (Å²) in [6, 6.07) is 0. The molecule has 0 spiro atoms. The molecule has 0 aliphatic heterocycles. The van der Waals surface area contributed by atoms with Crippen LogP contribution in [-0.4, -0.2) is 8.07 Å². The Morgan fingerprint density at radius 2 is 1.67 bits per heavy atom. The Morgan fingerprint density at radius 1 is 1.00 bits per heavy atom. The lowest BCUT2D eigenvalue weighted by Crippen LogP contribution is -2.32. The third kappa shape index (κ3) is 3.61. The fraction of sp³-hybridized carbons (Fsp3) is 0.692. The fourth-order valence-corrected chi connectivity index (χ4v) is 10.1. The van der Waals surface area contributed by atoms with Crippen molar-refractivity contribution in [3.8, 4) is 0 Å². The van der Waals surface area contributed by atoms with Gasteiger partial charge in [-0.05, 0) is 69.6 Å². The van der Waals surface area contributed by atoms with Gasteiger partial charge in [-0.3, -0.25) is 0 Å². The van der Waals surface area contributed by atoms with Crippen molar-refractivity contribution in [1.82, 2.24) is 0 Å². The van der Waals surface area contributed by atoms with Crippen LogP contribution in [0.1, 0.15) is 74.1 Å². The van der Waals surface area contributed by atoms with Crippen molar-refractivity contribution >= 4 is 8.07 Å². The molecule has 27 heavy (non-hydrogen) atoms. The van der Waals surface area contributed by atoms with Crippen LogP contribution >= 0.6 is 0 Å². The maximum Gasteiger partial charge on any atom is 0.112 e. The van der Waals surface area contributed by atoms with Gasteiger partial charge in [-0.2, -0.15) is 0 Å². The van der Waals surface area contributed by atoms with E-state index >= 15 is 0 Å². The van der Waals surface area contributed by atoms with Crippen molar-refractivity contribution < 1.29 is 0 Å². The molecule has 150 valence electrons. The molecular formula is C26H42Si. The van der Waals surface area contributed by atoms with E-state index in [-0.39, 0.29) is 0 Å². The van der Waals surface area contributed by atoms with Gasteiger partial charge >= 0.3 is 0 Å². The Morgan fingerprint density at radius 3 is 2.22 bits per heavy atom. The Kier molecular flexibility index (Phi) is 5.84. The van der Waals surface area contributed by atoms with E-state index in [0.717, 1.165) is 23.7 Å². The van der Waals surface area contributed by atoms with Crippen molar-refractivity contribution in [2.75, 3.05) is 0 Å². The summed E-state index contributed by atoms with van der Waals surface area (Å²) >= 11 is 0. The van der Waals surface area contributed by atoms with Crippen molar-refractivity contribution in [2.24, 2.45) is 29.6 Å². The largest absolute Gasteiger partial charge is 0.112 e. The molecule has 0 aromatic rings. The minimum atomic E-state index is -1.61. The number of hydrogen-bond acceptors (Lipinski definition) is 0. The highest BCUT2D eigenvalue weighted by Gasteiger charge is 2.40. The van der Waals surface area contributed by atoms with E-state index in [1.807, 2.05) is 0 Å². The molecule has 1 saturated carbocycles. The minimum absolute atomic E-state index is 0.641. The summed E-state index contributed by atoms with van der Waals surface area (Å²) in [7, 11) is -1.61. The summed E-state index contributed by atoms with van der Waals surface area (Å²) in [5, 5.41) is 3.45. The van der Waals surface area contributed by atoms with Gasteiger partial charge in [-0.25, -0.2) is 0 Å². The van der Waals surface area contributed by atoms with Gasteiger partial charge in [0.1, 0.15) is 8.07 Å². The van der Waals surface area contributed by atoms with E-state index in [0.29, 0.717) is 5.92 Å². The number of allylic oxidation sites excluding steroid dienone is 8. The first kappa shape index (κ1) is 20.9. The molecule has 1 fully saturated rings. The monoisotopic (exact) mass is 382 g/mol. The summed E-state index contributed by atoms with van der Waals surface area (Å²) in [4.78, 5) is 0. The molecule has 0 nitrogen and oxygen atoms in total. The fourth-order valence-electron chi connectivity index (χ4n) is 6.33. The van der Waals surface area contributed by atoms with E-state index in [1.54, 1.807) is 32.7 Å². The minimum Gasteiger partial charge on any atom is -0.0808 e. The van der Waals surface area contributed by atoms with E-state index in [1.165, 1.54) is 25.7 Å². The maximum absolute atomic E-state index is 2.68. The van der Waals surface area contributed by atoms with Crippen molar-refractivity contribution in [3.63, 3.8) is 0 Å². The van der Waals surface area contributed by atoms with Gasteiger partial charge in [0.2, 0.25) is 0 Å². The third-order valence-electron chi connectivity index (χ3n) is 8.40. The molecule has 0 aromatic carbocycles. The van der Waals surface area contributed by atoms with Crippen LogP contribution in [0.5, 0.6) is 0 Å². The number of rotatable bonds is 4. The summed E-state index contributed by atoms with van der Waals surface area (Å²) in [5.41, 5.74) is 6.62. The quantitative estimate of drug-likeness (QED) is 0.431. The Balaban J connectivity index is 1.90. The summed E-state index contributed by atoms with van der Waals surface area (Å²) in [6.45, 7) is 22.1. The highest BCUT2D eigenvalue weighted by molar-refractivity contribution is 6.92. The first-order valence-electron chi connectivity index (χ1n) is 11.4. The van der Waals surface area contributed by atoms with E-state index in [9.17, 15) is 0 Å². The molecule has 0 amide bonds. The van der Waals surface area contributed by atoms with Gasteiger partial charge in [0.25, 0.3) is 0 Å². The van der Waals surface area contributed by atoms with Gasteiger partial charge in [-0.15, -0.1) is 0 Å². The topological polar surface area (TPSA) is 0 Å². The summed E-state index contributed by atoms with van der Waals surface area (Å²) in [6.07, 6.45) is 10.8. The van der Waals surface area contributed by atoms with Crippen LogP contribution in [-0.2, 0) is 0 Å². The molecule has 1 unspecified atom stereocenters. The molecular weight excluding hydrogens is 340 g/mol. The van der Waals surface area contributed by atoms with Crippen molar-refractivity contribution in [3.05, 3.63) is 44.8 Å². The molecule has 0 heterocycles. The Bertz CT molecular complexity index is 725. The van der Waals surface area contributed by atoms with Crippen LogP contribution in [0, 0.1) is 29.6 Å². The molecule has 3 aliphatic carbocycles. The molecule has 4 atom stereocenters. The van der Waals surface area contributed by atoms with Gasteiger partial charge in [0.15, 0.2) is 0 Å². The first-order valence-corrected chi connectivity index (χ1v) is 14.4. The van der Waals surface area contributed by atoms with Crippen LogP contribution < -0.4 is 0 Å². The highest BCUT2D eigenvalue weighted by atomic mass is 28.3. The molecule has 0 N–H and O–H groups in total. The smallest absolute Gasteiger partial charge is 0.0808 e. The second kappa shape index (κ2) is 7.54. The second-order valence-electron chi connectivity index (χ2n) is 10.7. The van der Waals surface area contributed by atoms with Gasteiger partial charge in [0, 0.05) is 0 Å². The predicted molar refractivity (Wildman–Crippen MR) is 123 cm³/mol. The summed E-state index contributed by atoms with van der Waals surface area (Å²) < 4.78 is 0. The standard InChI is InChI=1S/C26H42Si/c1-16(2)24-13-10-17(3)14-25(24)22-11-12-23(15-22)27(8,9)26-20(6)18(4)19(5)21(26)7/h12,15-18,24-25H,10-11,13-14H2,1-9H3/t17-,18?,24+,25+/m1/s1. The van der Waals surface area contributed by atoms with Crippen LogP contribution in [0.2, 0.25) is 13.1 Å². The SMILES string of the molecule is CC1=C(C)C(C)C(C)=C1[Si](C)(C)C1=CCC([C@@H]2C[C@H](C)CC[C@H]2C(C)C)=C1. The van der Waals surface area contributed by atoms with Gasteiger partial charge in [0.05, 0.1) is 0 Å². The van der Waals surface area contributed by atoms with Crippen LogP contribution in [0.25, 0.3) is 0 Å². The average Bonchev–Trinajstić information content (AvgIpc) is 3.16. The van der Waals surface area contributed by atoms with Gasteiger partial charge in [-0.1, -0.05) is 92.0 Å². The zero-order valence-electron chi connectivity index (χ0n) is 19.4. The van der Waals surface area contributed by atoms with E-state index < -0.39 is 8.07 Å². The lowest BCUT2D eigenvalue weighted by Gasteiger charge is -2.38. The zero-order valence-corrected chi connectivity index (χ0v) is 20.4. The summed E-state index contributed by atoms with van der Waals surface area (Å²) in [5.74, 6) is 4.06. The maximum atomic E-state index is 2.68. The van der Waals surface area contributed by atoms with E-state index in [4.69, 9.17) is 0 Å². The lowest BCUT2D eigenvalue weighted by atomic mass is 9.67. The molecule has 0 bridgehead atoms. The Hall–Kier alpha value is -0.823. The lowest BCUT2D eigenvalue weighted by molar-refractivity contribution is 0.169. The van der Waals surface area contributed by atoms with E-state index in [2.05, 4.69) is 73.7 Å². The average molecular weight is 383 g/mol. The van der Waals surface area contributed by atoms with Crippen LogP contribution in [0.4, 0.5) is 0 Å². The van der Waals surface area contributed by atoms with Crippen LogP contribution in [0.3, 0.4) is 0 Å². The van der Waals surface area contributed by atoms with Crippen molar-refractivity contribution in [2.45, 2.75) is 87.2 Å². The highest BCUT2D eigenvalue weighted by Crippen LogP contribution is 2.48.